The minimum Gasteiger partial charge on any atom is -0.342 e. The van der Waals surface area contributed by atoms with E-state index in [1.54, 1.807) is 12.4 Å². The lowest BCUT2D eigenvalue weighted by Crippen LogP contribution is -2.32. The Bertz CT molecular complexity index is 1110. The summed E-state index contributed by atoms with van der Waals surface area (Å²) in [5, 5.41) is 8.32. The summed E-state index contributed by atoms with van der Waals surface area (Å²) in [6, 6.07) is 9.67. The zero-order valence-electron chi connectivity index (χ0n) is 16.5. The molecule has 7 heteroatoms. The number of aromatic nitrogens is 5. The first-order valence-corrected chi connectivity index (χ1v) is 9.53. The molecule has 0 unspecified atom stereocenters. The summed E-state index contributed by atoms with van der Waals surface area (Å²) in [4.78, 5) is 25.4. The number of nitrogens with one attached hydrogen (secondary N) is 2. The minimum absolute atomic E-state index is 0.171. The Balaban J connectivity index is 1.62. The number of rotatable bonds is 5. The number of amides is 1. The van der Waals surface area contributed by atoms with Crippen LogP contribution in [0.4, 0.5) is 0 Å². The van der Waals surface area contributed by atoms with Crippen LogP contribution < -0.4 is 5.32 Å². The van der Waals surface area contributed by atoms with Gasteiger partial charge in [0.1, 0.15) is 5.82 Å². The van der Waals surface area contributed by atoms with Crippen LogP contribution in [0.3, 0.4) is 0 Å². The highest BCUT2D eigenvalue weighted by Crippen LogP contribution is 2.23. The quantitative estimate of drug-likeness (QED) is 0.551. The molecule has 3 aromatic heterocycles. The second-order valence-corrected chi connectivity index (χ2v) is 7.65. The van der Waals surface area contributed by atoms with Crippen LogP contribution in [-0.4, -0.2) is 30.6 Å². The summed E-state index contributed by atoms with van der Waals surface area (Å²) in [6.07, 6.45) is 3.35. The normalized spacial score (nSPS) is 12.9. The number of hydrogen-bond acceptors (Lipinski definition) is 4. The fraction of sp³-hybridized carbons (Fsp3) is 0.333. The van der Waals surface area contributed by atoms with E-state index in [4.69, 9.17) is 0 Å². The molecule has 28 heavy (non-hydrogen) atoms. The van der Waals surface area contributed by atoms with Crippen LogP contribution in [0, 0.1) is 5.92 Å². The van der Waals surface area contributed by atoms with E-state index in [0.717, 1.165) is 27.9 Å². The Kier molecular flexibility index (Phi) is 4.58. The lowest BCUT2D eigenvalue weighted by molar-refractivity contribution is 0.0923. The summed E-state index contributed by atoms with van der Waals surface area (Å²) in [5.74, 6) is 0.752. The van der Waals surface area contributed by atoms with Crippen molar-refractivity contribution in [1.29, 1.82) is 0 Å². The maximum absolute atomic E-state index is 12.9. The van der Waals surface area contributed by atoms with E-state index in [2.05, 4.69) is 53.1 Å². The highest BCUT2D eigenvalue weighted by molar-refractivity contribution is 5.97. The standard InChI is InChI=1S/C21H24N6O/c1-12(2)18(19-24-16-7-5-6-8-17(16)25-19)26-21(28)15-9-14-11-23-27(13(3)4)20(14)22-10-15/h5-13,18H,1-4H3,(H,24,25)(H,26,28)/t18-/m0/s1. The van der Waals surface area contributed by atoms with Crippen LogP contribution in [0.5, 0.6) is 0 Å². The zero-order chi connectivity index (χ0) is 19.8. The first kappa shape index (κ1) is 18.2. The first-order chi connectivity index (χ1) is 13.4. The monoisotopic (exact) mass is 376 g/mol. The van der Waals surface area contributed by atoms with Crippen LogP contribution in [0.1, 0.15) is 56.0 Å². The molecule has 144 valence electrons. The number of benzene rings is 1. The van der Waals surface area contributed by atoms with Gasteiger partial charge >= 0.3 is 0 Å². The topological polar surface area (TPSA) is 88.5 Å². The van der Waals surface area contributed by atoms with Crippen LogP contribution in [-0.2, 0) is 0 Å². The molecule has 4 rings (SSSR count). The van der Waals surface area contributed by atoms with E-state index in [1.165, 1.54) is 0 Å². The number of carbonyl (C=O) groups is 1. The van der Waals surface area contributed by atoms with Gasteiger partial charge in [0.2, 0.25) is 0 Å². The van der Waals surface area contributed by atoms with Gasteiger partial charge in [-0.1, -0.05) is 26.0 Å². The number of imidazole rings is 1. The predicted molar refractivity (Wildman–Crippen MR) is 109 cm³/mol. The maximum atomic E-state index is 12.9. The molecule has 4 aromatic rings. The Hall–Kier alpha value is -3.22. The first-order valence-electron chi connectivity index (χ1n) is 9.53. The SMILES string of the molecule is CC(C)[C@H](NC(=O)c1cnc2c(cnn2C(C)C)c1)c1nc2ccccc2[nH]1. The van der Waals surface area contributed by atoms with Crippen molar-refractivity contribution in [2.24, 2.45) is 5.92 Å². The van der Waals surface area contributed by atoms with E-state index in [1.807, 2.05) is 35.0 Å². The Morgan fingerprint density at radius 1 is 1.14 bits per heavy atom. The molecule has 0 bridgehead atoms. The Morgan fingerprint density at radius 2 is 1.93 bits per heavy atom. The van der Waals surface area contributed by atoms with Crippen molar-refractivity contribution in [1.82, 2.24) is 30.0 Å². The molecule has 0 spiro atoms. The minimum atomic E-state index is -0.228. The molecule has 1 aromatic carbocycles. The number of aromatic amines is 1. The Labute approximate surface area is 163 Å². The molecule has 1 atom stereocenters. The zero-order valence-corrected chi connectivity index (χ0v) is 16.5. The van der Waals surface area contributed by atoms with Crippen molar-refractivity contribution in [2.45, 2.75) is 39.8 Å². The summed E-state index contributed by atoms with van der Waals surface area (Å²) in [7, 11) is 0. The maximum Gasteiger partial charge on any atom is 0.253 e. The molecule has 0 aliphatic carbocycles. The van der Waals surface area contributed by atoms with Crippen molar-refractivity contribution < 1.29 is 4.79 Å². The molecule has 0 saturated heterocycles. The number of fused-ring (bicyclic) bond motifs is 2. The third-order valence-electron chi connectivity index (χ3n) is 4.84. The van der Waals surface area contributed by atoms with Gasteiger partial charge in [-0.15, -0.1) is 0 Å². The lowest BCUT2D eigenvalue weighted by atomic mass is 10.0. The third-order valence-corrected chi connectivity index (χ3v) is 4.84. The average molecular weight is 376 g/mol. The van der Waals surface area contributed by atoms with Gasteiger partial charge in [0.15, 0.2) is 5.65 Å². The van der Waals surface area contributed by atoms with Crippen molar-refractivity contribution in [2.75, 3.05) is 0 Å². The molecule has 7 nitrogen and oxygen atoms in total. The van der Waals surface area contributed by atoms with Gasteiger partial charge in [-0.3, -0.25) is 4.79 Å². The predicted octanol–water partition coefficient (Wildman–Crippen LogP) is 4.02. The summed E-state index contributed by atoms with van der Waals surface area (Å²) in [6.45, 7) is 8.23. The molecule has 0 saturated carbocycles. The fourth-order valence-electron chi connectivity index (χ4n) is 3.34. The van der Waals surface area contributed by atoms with Crippen molar-refractivity contribution in [3.8, 4) is 0 Å². The average Bonchev–Trinajstić information content (AvgIpc) is 3.28. The molecule has 0 radical (unpaired) electrons. The molecular weight excluding hydrogens is 352 g/mol. The van der Waals surface area contributed by atoms with Crippen LogP contribution in [0.15, 0.2) is 42.7 Å². The van der Waals surface area contributed by atoms with Gasteiger partial charge in [-0.05, 0) is 38.0 Å². The van der Waals surface area contributed by atoms with E-state index in [0.29, 0.717) is 5.56 Å². The lowest BCUT2D eigenvalue weighted by Gasteiger charge is -2.20. The van der Waals surface area contributed by atoms with Gasteiger partial charge in [0.05, 0.1) is 28.8 Å². The smallest absolute Gasteiger partial charge is 0.253 e. The van der Waals surface area contributed by atoms with Crippen molar-refractivity contribution in [3.05, 3.63) is 54.1 Å². The van der Waals surface area contributed by atoms with Crippen molar-refractivity contribution in [3.63, 3.8) is 0 Å². The summed E-state index contributed by atoms with van der Waals surface area (Å²) >= 11 is 0. The molecule has 0 aliphatic rings. The Morgan fingerprint density at radius 3 is 2.64 bits per heavy atom. The van der Waals surface area contributed by atoms with Crippen LogP contribution in [0.25, 0.3) is 22.1 Å². The summed E-state index contributed by atoms with van der Waals surface area (Å²) in [5.41, 5.74) is 3.14. The van der Waals surface area contributed by atoms with Crippen LogP contribution >= 0.6 is 0 Å². The largest absolute Gasteiger partial charge is 0.342 e. The van der Waals surface area contributed by atoms with Gasteiger partial charge in [-0.25, -0.2) is 14.6 Å². The summed E-state index contributed by atoms with van der Waals surface area (Å²) < 4.78 is 1.85. The molecule has 2 N–H and O–H groups in total. The van der Waals surface area contributed by atoms with Crippen molar-refractivity contribution >= 4 is 28.0 Å². The van der Waals surface area contributed by atoms with E-state index < -0.39 is 0 Å². The number of H-pyrrole nitrogens is 1. The molecular formula is C21H24N6O. The van der Waals surface area contributed by atoms with Gasteiger partial charge in [0.25, 0.3) is 5.91 Å². The highest BCUT2D eigenvalue weighted by Gasteiger charge is 2.23. The second-order valence-electron chi connectivity index (χ2n) is 7.65. The second kappa shape index (κ2) is 7.07. The van der Waals surface area contributed by atoms with Gasteiger partial charge in [-0.2, -0.15) is 5.10 Å². The molecule has 1 amide bonds. The third kappa shape index (κ3) is 3.24. The number of hydrogen-bond donors (Lipinski definition) is 2. The van der Waals surface area contributed by atoms with E-state index in [-0.39, 0.29) is 23.9 Å². The highest BCUT2D eigenvalue weighted by atomic mass is 16.1. The van der Waals surface area contributed by atoms with Gasteiger partial charge in [0, 0.05) is 17.6 Å². The number of carbonyl (C=O) groups excluding carboxylic acids is 1. The van der Waals surface area contributed by atoms with Gasteiger partial charge < -0.3 is 10.3 Å². The van der Waals surface area contributed by atoms with E-state index >= 15 is 0 Å². The number of para-hydroxylation sites is 2. The fourth-order valence-corrected chi connectivity index (χ4v) is 3.34. The van der Waals surface area contributed by atoms with Crippen LogP contribution in [0.2, 0.25) is 0 Å². The molecule has 0 aliphatic heterocycles. The van der Waals surface area contributed by atoms with E-state index in [9.17, 15) is 4.79 Å². The molecule has 0 fully saturated rings. The molecule has 3 heterocycles. The number of nitrogens with zero attached hydrogens (tertiary/aromatic N) is 4. The number of pyridine rings is 1.